The lowest BCUT2D eigenvalue weighted by Gasteiger charge is -2.22. The molecule has 0 saturated heterocycles. The maximum Gasteiger partial charge on any atom is 0.131 e. The largest absolute Gasteiger partial charge is 0.457 e. The topological polar surface area (TPSA) is 34.1 Å². The summed E-state index contributed by atoms with van der Waals surface area (Å²) in [5.74, 6) is 1.73. The first-order valence-electron chi connectivity index (χ1n) is 6.87. The Kier molecular flexibility index (Phi) is 4.40. The van der Waals surface area contributed by atoms with Gasteiger partial charge in [-0.2, -0.15) is 0 Å². The van der Waals surface area contributed by atoms with Crippen LogP contribution >= 0.6 is 0 Å². The van der Waals surface area contributed by atoms with Crippen molar-refractivity contribution in [1.29, 1.82) is 0 Å². The fourth-order valence-corrected chi connectivity index (χ4v) is 2.10. The molecule has 106 valence electrons. The van der Waals surface area contributed by atoms with Crippen molar-refractivity contribution in [2.75, 3.05) is 7.05 Å². The van der Waals surface area contributed by atoms with Crippen molar-refractivity contribution in [1.82, 2.24) is 10.3 Å². The predicted molar refractivity (Wildman–Crippen MR) is 82.2 cm³/mol. The van der Waals surface area contributed by atoms with Crippen LogP contribution in [0.3, 0.4) is 0 Å². The maximum atomic E-state index is 6.06. The number of nitrogens with one attached hydrogen (secondary N) is 1. The summed E-state index contributed by atoms with van der Waals surface area (Å²) in [7, 11) is 1.91. The molecule has 0 saturated carbocycles. The van der Waals surface area contributed by atoms with Gasteiger partial charge in [0.15, 0.2) is 0 Å². The zero-order chi connectivity index (χ0) is 14.6. The van der Waals surface area contributed by atoms with Crippen molar-refractivity contribution < 1.29 is 4.74 Å². The summed E-state index contributed by atoms with van der Waals surface area (Å²) in [5, 5.41) is 3.09. The summed E-state index contributed by atoms with van der Waals surface area (Å²) < 4.78 is 6.06. The molecule has 0 aliphatic heterocycles. The number of ether oxygens (including phenoxy) is 1. The molecule has 0 unspecified atom stereocenters. The van der Waals surface area contributed by atoms with Crippen molar-refractivity contribution in [3.63, 3.8) is 0 Å². The van der Waals surface area contributed by atoms with Gasteiger partial charge in [-0.15, -0.1) is 0 Å². The van der Waals surface area contributed by atoms with Crippen LogP contribution < -0.4 is 10.1 Å². The molecule has 1 N–H and O–H groups in total. The van der Waals surface area contributed by atoms with Gasteiger partial charge in [0.2, 0.25) is 0 Å². The molecule has 0 amide bonds. The van der Waals surface area contributed by atoms with Crippen LogP contribution in [0.2, 0.25) is 0 Å². The van der Waals surface area contributed by atoms with Crippen molar-refractivity contribution in [3.05, 3.63) is 53.9 Å². The summed E-state index contributed by atoms with van der Waals surface area (Å²) in [4.78, 5) is 4.30. The molecule has 0 fully saturated rings. The van der Waals surface area contributed by atoms with Gasteiger partial charge in [0.25, 0.3) is 0 Å². The predicted octanol–water partition coefficient (Wildman–Crippen LogP) is 3.89. The van der Waals surface area contributed by atoms with E-state index in [1.807, 2.05) is 37.4 Å². The van der Waals surface area contributed by atoms with E-state index in [2.05, 4.69) is 37.1 Å². The fraction of sp³-hybridized carbons (Fsp3) is 0.353. The third-order valence-electron chi connectivity index (χ3n) is 3.07. The summed E-state index contributed by atoms with van der Waals surface area (Å²) >= 11 is 0. The quantitative estimate of drug-likeness (QED) is 0.915. The van der Waals surface area contributed by atoms with E-state index in [4.69, 9.17) is 4.74 Å². The van der Waals surface area contributed by atoms with E-state index in [9.17, 15) is 0 Å². The first-order valence-corrected chi connectivity index (χ1v) is 6.87. The number of benzene rings is 1. The maximum absolute atomic E-state index is 6.06. The van der Waals surface area contributed by atoms with E-state index in [1.165, 1.54) is 5.56 Å². The SMILES string of the molecule is CNCc1cc(Oc2ccccc2C(C)(C)C)ccn1. The molecule has 20 heavy (non-hydrogen) atoms. The number of para-hydroxylation sites is 1. The molecular weight excluding hydrogens is 248 g/mol. The molecule has 2 aromatic rings. The smallest absolute Gasteiger partial charge is 0.131 e. The lowest BCUT2D eigenvalue weighted by atomic mass is 9.86. The van der Waals surface area contributed by atoms with Crippen LogP contribution in [-0.2, 0) is 12.0 Å². The van der Waals surface area contributed by atoms with E-state index < -0.39 is 0 Å². The van der Waals surface area contributed by atoms with Gasteiger partial charge in [0.1, 0.15) is 11.5 Å². The Morgan fingerprint density at radius 2 is 1.90 bits per heavy atom. The zero-order valence-electron chi connectivity index (χ0n) is 12.6. The van der Waals surface area contributed by atoms with Crippen LogP contribution in [0.15, 0.2) is 42.6 Å². The molecule has 1 aromatic heterocycles. The molecule has 0 bridgehead atoms. The van der Waals surface area contributed by atoms with Gasteiger partial charge in [-0.1, -0.05) is 39.0 Å². The number of hydrogen-bond acceptors (Lipinski definition) is 3. The van der Waals surface area contributed by atoms with Crippen LogP contribution in [0, 0.1) is 0 Å². The van der Waals surface area contributed by atoms with Crippen LogP contribution in [0.4, 0.5) is 0 Å². The van der Waals surface area contributed by atoms with Gasteiger partial charge in [0, 0.05) is 24.4 Å². The van der Waals surface area contributed by atoms with Gasteiger partial charge in [-0.3, -0.25) is 4.98 Å². The highest BCUT2D eigenvalue weighted by Gasteiger charge is 2.18. The lowest BCUT2D eigenvalue weighted by Crippen LogP contribution is -2.12. The van der Waals surface area contributed by atoms with Gasteiger partial charge >= 0.3 is 0 Å². The highest BCUT2D eigenvalue weighted by atomic mass is 16.5. The molecule has 0 spiro atoms. The van der Waals surface area contributed by atoms with E-state index >= 15 is 0 Å². The average Bonchev–Trinajstić information content (AvgIpc) is 2.39. The molecule has 3 heteroatoms. The normalized spacial score (nSPS) is 11.4. The van der Waals surface area contributed by atoms with Crippen molar-refractivity contribution in [2.45, 2.75) is 32.7 Å². The minimum absolute atomic E-state index is 0.0530. The first kappa shape index (κ1) is 14.5. The number of rotatable bonds is 4. The number of hydrogen-bond donors (Lipinski definition) is 1. The third kappa shape index (κ3) is 3.58. The average molecular weight is 270 g/mol. The van der Waals surface area contributed by atoms with Crippen LogP contribution in [0.1, 0.15) is 32.0 Å². The first-order chi connectivity index (χ1) is 9.50. The second kappa shape index (κ2) is 6.06. The van der Waals surface area contributed by atoms with Crippen LogP contribution in [0.5, 0.6) is 11.5 Å². The molecule has 0 aliphatic carbocycles. The van der Waals surface area contributed by atoms with Gasteiger partial charge in [-0.25, -0.2) is 0 Å². The van der Waals surface area contributed by atoms with Gasteiger partial charge < -0.3 is 10.1 Å². The monoisotopic (exact) mass is 270 g/mol. The Labute approximate surface area is 121 Å². The summed E-state index contributed by atoms with van der Waals surface area (Å²) in [6.07, 6.45) is 1.78. The van der Waals surface area contributed by atoms with Crippen molar-refractivity contribution in [3.8, 4) is 11.5 Å². The third-order valence-corrected chi connectivity index (χ3v) is 3.07. The van der Waals surface area contributed by atoms with E-state index in [0.717, 1.165) is 23.7 Å². The molecule has 2 rings (SSSR count). The fourth-order valence-electron chi connectivity index (χ4n) is 2.10. The van der Waals surface area contributed by atoms with Gasteiger partial charge in [-0.05, 0) is 24.6 Å². The van der Waals surface area contributed by atoms with Gasteiger partial charge in [0.05, 0.1) is 5.69 Å². The highest BCUT2D eigenvalue weighted by molar-refractivity contribution is 5.41. The summed E-state index contributed by atoms with van der Waals surface area (Å²) in [6, 6.07) is 12.0. The Balaban J connectivity index is 2.28. The number of aromatic nitrogens is 1. The lowest BCUT2D eigenvalue weighted by molar-refractivity contribution is 0.454. The molecule has 1 heterocycles. The van der Waals surface area contributed by atoms with E-state index in [-0.39, 0.29) is 5.41 Å². The molecule has 0 atom stereocenters. The Bertz CT molecular complexity index is 573. The Hall–Kier alpha value is -1.87. The van der Waals surface area contributed by atoms with E-state index in [1.54, 1.807) is 6.20 Å². The number of nitrogens with zero attached hydrogens (tertiary/aromatic N) is 1. The highest BCUT2D eigenvalue weighted by Crippen LogP contribution is 2.33. The Morgan fingerprint density at radius 1 is 1.15 bits per heavy atom. The molecule has 0 aliphatic rings. The minimum atomic E-state index is 0.0530. The summed E-state index contributed by atoms with van der Waals surface area (Å²) in [6.45, 7) is 7.30. The molecule has 1 aromatic carbocycles. The summed E-state index contributed by atoms with van der Waals surface area (Å²) in [5.41, 5.74) is 2.22. The molecule has 0 radical (unpaired) electrons. The van der Waals surface area contributed by atoms with Crippen molar-refractivity contribution in [2.24, 2.45) is 0 Å². The van der Waals surface area contributed by atoms with Crippen LogP contribution in [0.25, 0.3) is 0 Å². The molecule has 3 nitrogen and oxygen atoms in total. The van der Waals surface area contributed by atoms with Crippen LogP contribution in [-0.4, -0.2) is 12.0 Å². The second-order valence-electron chi connectivity index (χ2n) is 5.86. The Morgan fingerprint density at radius 3 is 2.60 bits per heavy atom. The van der Waals surface area contributed by atoms with E-state index in [0.29, 0.717) is 0 Å². The molecular formula is C17H22N2O. The van der Waals surface area contributed by atoms with Crippen molar-refractivity contribution >= 4 is 0 Å². The zero-order valence-corrected chi connectivity index (χ0v) is 12.6. The minimum Gasteiger partial charge on any atom is -0.457 e. The standard InChI is InChI=1S/C17H22N2O/c1-17(2,3)15-7-5-6-8-16(15)20-14-9-10-19-13(11-14)12-18-4/h5-11,18H,12H2,1-4H3. The second-order valence-corrected chi connectivity index (χ2v) is 5.86. The number of pyridine rings is 1.